The summed E-state index contributed by atoms with van der Waals surface area (Å²) in [5.74, 6) is 1.27. The van der Waals surface area contributed by atoms with Gasteiger partial charge >= 0.3 is 0 Å². The van der Waals surface area contributed by atoms with E-state index in [1.54, 1.807) is 42.0 Å². The summed E-state index contributed by atoms with van der Waals surface area (Å²) in [4.78, 5) is 29.5. The molecule has 2 amide bonds. The van der Waals surface area contributed by atoms with Crippen LogP contribution in [0.2, 0.25) is 0 Å². The van der Waals surface area contributed by atoms with Crippen LogP contribution in [0, 0.1) is 13.8 Å². The highest BCUT2D eigenvalue weighted by atomic mass is 32.2. The van der Waals surface area contributed by atoms with Crippen molar-refractivity contribution in [1.82, 2.24) is 14.6 Å². The van der Waals surface area contributed by atoms with Crippen LogP contribution in [0.15, 0.2) is 69.6 Å². The Labute approximate surface area is 245 Å². The number of ether oxygens (including phenoxy) is 2. The summed E-state index contributed by atoms with van der Waals surface area (Å²) in [6, 6.07) is 17.6. The first-order chi connectivity index (χ1) is 19.3. The molecule has 212 valence electrons. The number of carbonyl (C=O) groups excluding carboxylic acids is 2. The van der Waals surface area contributed by atoms with E-state index in [0.717, 1.165) is 41.9 Å². The highest BCUT2D eigenvalue weighted by molar-refractivity contribution is 7.86. The van der Waals surface area contributed by atoms with E-state index in [2.05, 4.69) is 21.8 Å². The zero-order chi connectivity index (χ0) is 28.9. The van der Waals surface area contributed by atoms with Crippen molar-refractivity contribution in [2.75, 3.05) is 20.8 Å². The van der Waals surface area contributed by atoms with E-state index in [-0.39, 0.29) is 5.69 Å². The maximum atomic E-state index is 12.2. The van der Waals surface area contributed by atoms with Gasteiger partial charge < -0.3 is 14.4 Å². The molecule has 40 heavy (non-hydrogen) atoms. The zero-order valence-electron chi connectivity index (χ0n) is 22.9. The van der Waals surface area contributed by atoms with E-state index in [1.807, 2.05) is 44.2 Å². The van der Waals surface area contributed by atoms with Gasteiger partial charge in [0.15, 0.2) is 11.0 Å². The lowest BCUT2D eigenvalue weighted by Gasteiger charge is -2.15. The van der Waals surface area contributed by atoms with Crippen molar-refractivity contribution in [1.29, 1.82) is 0 Å². The molecule has 1 unspecified atom stereocenters. The molecule has 0 aliphatic carbocycles. The predicted molar refractivity (Wildman–Crippen MR) is 161 cm³/mol. The molecule has 1 N–H and O–H groups in total. The third-order valence-corrected chi connectivity index (χ3v) is 8.90. The Morgan fingerprint density at radius 1 is 1.05 bits per heavy atom. The van der Waals surface area contributed by atoms with Crippen LogP contribution in [-0.4, -0.2) is 47.2 Å². The average Bonchev–Trinajstić information content (AvgIpc) is 3.67. The van der Waals surface area contributed by atoms with Crippen molar-refractivity contribution in [2.45, 2.75) is 37.4 Å². The molecule has 0 bridgehead atoms. The Morgan fingerprint density at radius 3 is 2.35 bits per heavy atom. The molecule has 11 heteroatoms. The van der Waals surface area contributed by atoms with Crippen molar-refractivity contribution < 1.29 is 23.3 Å². The summed E-state index contributed by atoms with van der Waals surface area (Å²) in [7, 11) is 1.74. The number of nitrogens with one attached hydrogen (secondary N) is 1. The summed E-state index contributed by atoms with van der Waals surface area (Å²) in [6.45, 7) is 4.97. The minimum atomic E-state index is -1.59. The molecule has 0 aliphatic heterocycles. The van der Waals surface area contributed by atoms with Gasteiger partial charge in [-0.2, -0.15) is 0 Å². The Hall–Kier alpha value is -3.54. The number of aromatic nitrogens is 1. The Kier molecular flexibility index (Phi) is 12.3. The fourth-order valence-corrected chi connectivity index (χ4v) is 6.20. The number of benzene rings is 2. The second-order valence-corrected chi connectivity index (χ2v) is 12.0. The van der Waals surface area contributed by atoms with Crippen LogP contribution in [0.1, 0.15) is 38.6 Å². The van der Waals surface area contributed by atoms with Crippen molar-refractivity contribution in [3.63, 3.8) is 0 Å². The van der Waals surface area contributed by atoms with Crippen molar-refractivity contribution in [2.24, 2.45) is 0 Å². The molecule has 0 radical (unpaired) electrons. The normalized spacial score (nSPS) is 11.1. The van der Waals surface area contributed by atoms with Gasteiger partial charge in [-0.15, -0.1) is 22.7 Å². The molecule has 0 fully saturated rings. The maximum absolute atomic E-state index is 12.2. The quantitative estimate of drug-likeness (QED) is 0.214. The summed E-state index contributed by atoms with van der Waals surface area (Å²) in [5, 5.41) is 4.08. The standard InChI is InChI=1S/C19H19N3O3S3.C10H14O2/c23-14-22(10-4-8-15-6-2-1-3-7-15)12-17-20-16(13-27-17)19(24)21-28(25)18-9-5-11-26-18;1-7-5-9(11-3)8(2)10(6-7)12-4/h1-3,5-7,9,11,13-14H,4,8,10,12H2,(H,21,24);5-6H,1-4H3. The van der Waals surface area contributed by atoms with Gasteiger partial charge in [0, 0.05) is 17.5 Å². The van der Waals surface area contributed by atoms with Gasteiger partial charge in [-0.3, -0.25) is 14.3 Å². The van der Waals surface area contributed by atoms with Crippen LogP contribution in [0.5, 0.6) is 11.5 Å². The van der Waals surface area contributed by atoms with E-state index in [1.165, 1.54) is 28.2 Å². The van der Waals surface area contributed by atoms with Gasteiger partial charge in [0.05, 0.1) is 20.8 Å². The minimum Gasteiger partial charge on any atom is -0.496 e. The number of thiophene rings is 1. The van der Waals surface area contributed by atoms with Crippen LogP contribution in [0.3, 0.4) is 0 Å². The molecule has 0 spiro atoms. The summed E-state index contributed by atoms with van der Waals surface area (Å²) in [5.41, 5.74) is 3.64. The molecular weight excluding hydrogens is 567 g/mol. The van der Waals surface area contributed by atoms with Crippen LogP contribution in [0.25, 0.3) is 0 Å². The van der Waals surface area contributed by atoms with E-state index in [4.69, 9.17) is 9.47 Å². The first-order valence-corrected chi connectivity index (χ1v) is 15.4. The average molecular weight is 600 g/mol. The van der Waals surface area contributed by atoms with Gasteiger partial charge in [0.2, 0.25) is 6.41 Å². The summed E-state index contributed by atoms with van der Waals surface area (Å²) >= 11 is 2.62. The topological polar surface area (TPSA) is 97.8 Å². The first kappa shape index (κ1) is 31.0. The monoisotopic (exact) mass is 599 g/mol. The SMILES string of the molecule is COc1cc(C)cc(OC)c1C.O=CN(CCCc1ccccc1)Cc1nc(C(=O)NS(=O)c2cccs2)cs1. The molecule has 2 heterocycles. The molecule has 2 aromatic carbocycles. The van der Waals surface area contributed by atoms with Crippen molar-refractivity contribution in [3.8, 4) is 11.5 Å². The number of methoxy groups -OCH3 is 2. The zero-order valence-corrected chi connectivity index (χ0v) is 25.4. The largest absolute Gasteiger partial charge is 0.496 e. The van der Waals surface area contributed by atoms with Gasteiger partial charge in [0.25, 0.3) is 5.91 Å². The summed E-state index contributed by atoms with van der Waals surface area (Å²) in [6.07, 6.45) is 2.55. The lowest BCUT2D eigenvalue weighted by atomic mass is 10.1. The number of hydrogen-bond donors (Lipinski definition) is 1. The molecular formula is C29H33N3O5S3. The van der Waals surface area contributed by atoms with Crippen molar-refractivity contribution in [3.05, 3.63) is 92.7 Å². The number of carbonyl (C=O) groups is 2. The maximum Gasteiger partial charge on any atom is 0.282 e. The molecule has 4 aromatic rings. The Balaban J connectivity index is 0.000000307. The number of hydrogen-bond acceptors (Lipinski definition) is 8. The lowest BCUT2D eigenvalue weighted by molar-refractivity contribution is -0.118. The van der Waals surface area contributed by atoms with Crippen LogP contribution in [0.4, 0.5) is 0 Å². The third kappa shape index (κ3) is 9.29. The smallest absolute Gasteiger partial charge is 0.282 e. The predicted octanol–water partition coefficient (Wildman–Crippen LogP) is 5.57. The summed E-state index contributed by atoms with van der Waals surface area (Å²) < 4.78 is 25.5. The van der Waals surface area contributed by atoms with E-state index < -0.39 is 16.9 Å². The lowest BCUT2D eigenvalue weighted by Crippen LogP contribution is -2.26. The minimum absolute atomic E-state index is 0.208. The van der Waals surface area contributed by atoms with Gasteiger partial charge in [-0.05, 0) is 61.4 Å². The van der Waals surface area contributed by atoms with Crippen molar-refractivity contribution >= 4 is 46.0 Å². The molecule has 0 saturated heterocycles. The number of nitrogens with zero attached hydrogens (tertiary/aromatic N) is 2. The van der Waals surface area contributed by atoms with E-state index >= 15 is 0 Å². The number of thiazole rings is 1. The van der Waals surface area contributed by atoms with Crippen LogP contribution < -0.4 is 14.2 Å². The highest BCUT2D eigenvalue weighted by Gasteiger charge is 2.16. The van der Waals surface area contributed by atoms with Crippen LogP contribution >= 0.6 is 22.7 Å². The second-order valence-electron chi connectivity index (χ2n) is 8.72. The van der Waals surface area contributed by atoms with E-state index in [0.29, 0.717) is 22.3 Å². The Morgan fingerprint density at radius 2 is 1.75 bits per heavy atom. The fourth-order valence-electron chi connectivity index (χ4n) is 3.73. The first-order valence-electron chi connectivity index (χ1n) is 12.5. The van der Waals surface area contributed by atoms with Gasteiger partial charge in [-0.25, -0.2) is 9.19 Å². The molecule has 0 saturated carbocycles. The second kappa shape index (κ2) is 15.9. The molecule has 0 aliphatic rings. The molecule has 8 nitrogen and oxygen atoms in total. The molecule has 1 atom stereocenters. The molecule has 2 aromatic heterocycles. The van der Waals surface area contributed by atoms with E-state index in [9.17, 15) is 13.8 Å². The molecule has 4 rings (SSSR count). The van der Waals surface area contributed by atoms with Gasteiger partial charge in [0.1, 0.15) is 26.4 Å². The fraction of sp³-hybridized carbons (Fsp3) is 0.276. The highest BCUT2D eigenvalue weighted by Crippen LogP contribution is 2.28. The van der Waals surface area contributed by atoms with Gasteiger partial charge in [-0.1, -0.05) is 36.4 Å². The number of aryl methyl sites for hydroxylation is 2. The Bertz CT molecular complexity index is 1370. The van der Waals surface area contributed by atoms with Crippen LogP contribution in [-0.2, 0) is 28.7 Å². The third-order valence-electron chi connectivity index (χ3n) is 5.79. The number of rotatable bonds is 12. The number of amides is 2.